The molecular formula is C26H30N4O3. The van der Waals surface area contributed by atoms with Gasteiger partial charge in [-0.05, 0) is 60.9 Å². The Morgan fingerprint density at radius 1 is 0.848 bits per heavy atom. The zero-order valence-electron chi connectivity index (χ0n) is 19.7. The minimum Gasteiger partial charge on any atom is -0.493 e. The summed E-state index contributed by atoms with van der Waals surface area (Å²) in [5, 5.41) is 8.89. The highest BCUT2D eigenvalue weighted by Crippen LogP contribution is 2.28. The number of anilines is 1. The highest BCUT2D eigenvalue weighted by Gasteiger charge is 2.22. The van der Waals surface area contributed by atoms with Crippen LogP contribution in [-0.2, 0) is 11.2 Å². The molecule has 0 spiro atoms. The number of nitrogens with zero attached hydrogens (tertiary/aromatic N) is 4. The first kappa shape index (κ1) is 22.6. The minimum absolute atomic E-state index is 0.109. The fourth-order valence-corrected chi connectivity index (χ4v) is 4.01. The largest absolute Gasteiger partial charge is 0.493 e. The van der Waals surface area contributed by atoms with Crippen molar-refractivity contribution in [2.24, 2.45) is 0 Å². The van der Waals surface area contributed by atoms with Crippen LogP contribution in [0, 0.1) is 13.8 Å². The molecule has 1 fully saturated rings. The van der Waals surface area contributed by atoms with E-state index in [1.165, 1.54) is 11.1 Å². The van der Waals surface area contributed by atoms with E-state index in [0.717, 1.165) is 35.7 Å². The highest BCUT2D eigenvalue weighted by molar-refractivity contribution is 5.79. The Bertz CT molecular complexity index is 1120. The van der Waals surface area contributed by atoms with Gasteiger partial charge in [-0.1, -0.05) is 18.2 Å². The Kier molecular flexibility index (Phi) is 6.77. The number of piperazine rings is 1. The zero-order valence-corrected chi connectivity index (χ0v) is 19.7. The molecule has 33 heavy (non-hydrogen) atoms. The van der Waals surface area contributed by atoms with Crippen LogP contribution in [0.2, 0.25) is 0 Å². The molecule has 0 unspecified atom stereocenters. The van der Waals surface area contributed by atoms with Crippen molar-refractivity contribution < 1.29 is 14.3 Å². The summed E-state index contributed by atoms with van der Waals surface area (Å²) in [6, 6.07) is 16.0. The van der Waals surface area contributed by atoms with Crippen LogP contribution in [0.4, 0.5) is 5.82 Å². The van der Waals surface area contributed by atoms with Gasteiger partial charge in [0.1, 0.15) is 0 Å². The topological polar surface area (TPSA) is 67.8 Å². The molecule has 7 nitrogen and oxygen atoms in total. The molecule has 0 atom stereocenters. The normalized spacial score (nSPS) is 13.7. The van der Waals surface area contributed by atoms with Crippen molar-refractivity contribution in [2.45, 2.75) is 20.3 Å². The smallest absolute Gasteiger partial charge is 0.227 e. The summed E-state index contributed by atoms with van der Waals surface area (Å²) in [6.07, 6.45) is 0.338. The zero-order chi connectivity index (χ0) is 23.4. The molecule has 0 aliphatic carbocycles. The summed E-state index contributed by atoms with van der Waals surface area (Å²) in [5.74, 6) is 2.25. The van der Waals surface area contributed by atoms with E-state index < -0.39 is 0 Å². The molecule has 172 valence electrons. The SMILES string of the molecule is COc1ccc(CC(=O)N2CCN(c3ccc(-c4ccc(C)c(C)c4)nn3)CC2)cc1OC. The molecule has 1 aliphatic heterocycles. The minimum atomic E-state index is 0.109. The van der Waals surface area contributed by atoms with Crippen LogP contribution in [0.5, 0.6) is 11.5 Å². The second-order valence-electron chi connectivity index (χ2n) is 8.31. The molecule has 0 N–H and O–H groups in total. The summed E-state index contributed by atoms with van der Waals surface area (Å²) in [4.78, 5) is 16.9. The number of amides is 1. The number of rotatable bonds is 6. The number of hydrogen-bond acceptors (Lipinski definition) is 6. The molecule has 7 heteroatoms. The van der Waals surface area contributed by atoms with Crippen molar-refractivity contribution in [3.8, 4) is 22.8 Å². The Balaban J connectivity index is 1.34. The molecular weight excluding hydrogens is 416 g/mol. The van der Waals surface area contributed by atoms with E-state index >= 15 is 0 Å². The number of methoxy groups -OCH3 is 2. The molecule has 0 bridgehead atoms. The molecule has 3 aromatic rings. The van der Waals surface area contributed by atoms with Gasteiger partial charge in [-0.2, -0.15) is 0 Å². The van der Waals surface area contributed by atoms with Gasteiger partial charge in [-0.15, -0.1) is 10.2 Å². The van der Waals surface area contributed by atoms with Crippen LogP contribution in [0.3, 0.4) is 0 Å². The third kappa shape index (κ3) is 5.08. The number of ether oxygens (including phenoxy) is 2. The average Bonchev–Trinajstić information content (AvgIpc) is 2.86. The lowest BCUT2D eigenvalue weighted by Crippen LogP contribution is -2.49. The average molecular weight is 447 g/mol. The van der Waals surface area contributed by atoms with Crippen molar-refractivity contribution in [1.82, 2.24) is 15.1 Å². The van der Waals surface area contributed by atoms with E-state index in [1.807, 2.05) is 35.2 Å². The molecule has 0 saturated carbocycles. The standard InChI is InChI=1S/C26H30N4O3/c1-18-5-7-21(15-19(18)2)22-8-10-25(28-27-22)29-11-13-30(14-12-29)26(31)17-20-6-9-23(32-3)24(16-20)33-4/h5-10,15-16H,11-14,17H2,1-4H3. The molecule has 2 aromatic carbocycles. The maximum atomic E-state index is 12.8. The summed E-state index contributed by atoms with van der Waals surface area (Å²) in [7, 11) is 3.20. The Hall–Kier alpha value is -3.61. The van der Waals surface area contributed by atoms with Gasteiger partial charge in [0.15, 0.2) is 17.3 Å². The van der Waals surface area contributed by atoms with Crippen LogP contribution < -0.4 is 14.4 Å². The fraction of sp³-hybridized carbons (Fsp3) is 0.346. The Morgan fingerprint density at radius 2 is 1.61 bits per heavy atom. The van der Waals surface area contributed by atoms with E-state index in [1.54, 1.807) is 14.2 Å². The summed E-state index contributed by atoms with van der Waals surface area (Å²) in [5.41, 5.74) is 5.36. The van der Waals surface area contributed by atoms with Crippen molar-refractivity contribution in [3.05, 3.63) is 65.2 Å². The van der Waals surface area contributed by atoms with Gasteiger partial charge in [0.2, 0.25) is 5.91 Å². The summed E-state index contributed by atoms with van der Waals surface area (Å²) >= 11 is 0. The molecule has 1 aromatic heterocycles. The van der Waals surface area contributed by atoms with Crippen molar-refractivity contribution in [1.29, 1.82) is 0 Å². The quantitative estimate of drug-likeness (QED) is 0.576. The summed E-state index contributed by atoms with van der Waals surface area (Å²) in [6.45, 7) is 6.99. The van der Waals surface area contributed by atoms with E-state index in [-0.39, 0.29) is 5.91 Å². The van der Waals surface area contributed by atoms with Gasteiger partial charge in [-0.3, -0.25) is 4.79 Å². The number of aromatic nitrogens is 2. The van der Waals surface area contributed by atoms with Crippen LogP contribution in [0.15, 0.2) is 48.5 Å². The number of benzene rings is 2. The lowest BCUT2D eigenvalue weighted by atomic mass is 10.0. The van der Waals surface area contributed by atoms with Gasteiger partial charge in [0.25, 0.3) is 0 Å². The second kappa shape index (κ2) is 9.90. The van der Waals surface area contributed by atoms with Gasteiger partial charge in [-0.25, -0.2) is 0 Å². The monoisotopic (exact) mass is 446 g/mol. The van der Waals surface area contributed by atoms with Crippen LogP contribution in [-0.4, -0.2) is 61.4 Å². The van der Waals surface area contributed by atoms with Gasteiger partial charge >= 0.3 is 0 Å². The number of hydrogen-bond donors (Lipinski definition) is 0. The molecule has 1 saturated heterocycles. The lowest BCUT2D eigenvalue weighted by Gasteiger charge is -2.35. The molecule has 0 radical (unpaired) electrons. The van der Waals surface area contributed by atoms with Crippen molar-refractivity contribution in [2.75, 3.05) is 45.3 Å². The molecule has 2 heterocycles. The highest BCUT2D eigenvalue weighted by atomic mass is 16.5. The molecule has 4 rings (SSSR count). The van der Waals surface area contributed by atoms with Crippen LogP contribution in [0.25, 0.3) is 11.3 Å². The number of carbonyl (C=O) groups is 1. The number of aryl methyl sites for hydroxylation is 2. The van der Waals surface area contributed by atoms with Gasteiger partial charge in [0, 0.05) is 31.7 Å². The first-order valence-corrected chi connectivity index (χ1v) is 11.1. The molecule has 1 aliphatic rings. The predicted octanol–water partition coefficient (Wildman–Crippen LogP) is 3.67. The van der Waals surface area contributed by atoms with E-state index in [4.69, 9.17) is 9.47 Å². The number of carbonyl (C=O) groups excluding carboxylic acids is 1. The maximum Gasteiger partial charge on any atom is 0.227 e. The van der Waals surface area contributed by atoms with Crippen molar-refractivity contribution >= 4 is 11.7 Å². The second-order valence-corrected chi connectivity index (χ2v) is 8.31. The first-order valence-electron chi connectivity index (χ1n) is 11.1. The van der Waals surface area contributed by atoms with Crippen molar-refractivity contribution in [3.63, 3.8) is 0 Å². The third-order valence-electron chi connectivity index (χ3n) is 6.21. The van der Waals surface area contributed by atoms with E-state index in [9.17, 15) is 4.79 Å². The van der Waals surface area contributed by atoms with Gasteiger partial charge < -0.3 is 19.3 Å². The summed E-state index contributed by atoms with van der Waals surface area (Å²) < 4.78 is 10.6. The fourth-order valence-electron chi connectivity index (χ4n) is 4.01. The van der Waals surface area contributed by atoms with Crippen LogP contribution in [0.1, 0.15) is 16.7 Å². The molecule has 1 amide bonds. The first-order chi connectivity index (χ1) is 16.0. The van der Waals surface area contributed by atoms with Gasteiger partial charge in [0.05, 0.1) is 26.3 Å². The third-order valence-corrected chi connectivity index (χ3v) is 6.21. The lowest BCUT2D eigenvalue weighted by molar-refractivity contribution is -0.130. The van der Waals surface area contributed by atoms with Crippen LogP contribution >= 0.6 is 0 Å². The van der Waals surface area contributed by atoms with E-state index in [0.29, 0.717) is 31.0 Å². The Morgan fingerprint density at radius 3 is 2.24 bits per heavy atom. The maximum absolute atomic E-state index is 12.8. The Labute approximate surface area is 195 Å². The van der Waals surface area contributed by atoms with E-state index in [2.05, 4.69) is 47.1 Å². The predicted molar refractivity (Wildman–Crippen MR) is 129 cm³/mol.